The number of para-hydroxylation sites is 1. The van der Waals surface area contributed by atoms with Gasteiger partial charge in [-0.25, -0.2) is 0 Å². The van der Waals surface area contributed by atoms with Crippen LogP contribution in [0.2, 0.25) is 5.02 Å². The van der Waals surface area contributed by atoms with Crippen LogP contribution in [0.3, 0.4) is 0 Å². The molecule has 2 aromatic rings. The third-order valence-electron chi connectivity index (χ3n) is 3.21. The number of rotatable bonds is 1. The van der Waals surface area contributed by atoms with Gasteiger partial charge in [0.15, 0.2) is 0 Å². The van der Waals surface area contributed by atoms with Crippen LogP contribution >= 0.6 is 11.6 Å². The van der Waals surface area contributed by atoms with E-state index in [0.717, 1.165) is 16.9 Å². The molecule has 0 fully saturated rings. The zero-order valence-corrected chi connectivity index (χ0v) is 11.0. The minimum atomic E-state index is -0.203. The zero-order chi connectivity index (χ0) is 13.2. The molecule has 1 N–H and O–H groups in total. The molecule has 1 heterocycles. The minimum Gasteiger partial charge on any atom is -0.484 e. The van der Waals surface area contributed by atoms with Gasteiger partial charge < -0.3 is 9.94 Å². The topological polar surface area (TPSA) is 32.7 Å². The maximum atomic E-state index is 9.95. The van der Waals surface area contributed by atoms with Gasteiger partial charge in [-0.1, -0.05) is 41.9 Å². The van der Waals surface area contributed by atoms with Crippen LogP contribution in [0.1, 0.15) is 17.2 Å². The summed E-state index contributed by atoms with van der Waals surface area (Å²) < 4.78 is 6.01. The Kier molecular flexibility index (Phi) is 3.42. The fourth-order valence-electron chi connectivity index (χ4n) is 2.24. The molecule has 0 saturated heterocycles. The van der Waals surface area contributed by atoms with E-state index in [9.17, 15) is 5.21 Å². The van der Waals surface area contributed by atoms with E-state index in [4.69, 9.17) is 16.3 Å². The molecule has 0 amide bonds. The van der Waals surface area contributed by atoms with Gasteiger partial charge in [-0.05, 0) is 23.8 Å². The first kappa shape index (κ1) is 12.5. The normalized spacial score (nSPS) is 19.4. The van der Waals surface area contributed by atoms with Crippen molar-refractivity contribution >= 4 is 11.6 Å². The fraction of sp³-hybridized carbons (Fsp3) is 0.200. The molecule has 1 aliphatic rings. The number of benzene rings is 2. The molecule has 0 radical (unpaired) electrons. The Balaban J connectivity index is 1.93. The fourth-order valence-corrected chi connectivity index (χ4v) is 2.37. The SMILES string of the molecule is ON1Cc2ccccc2OC(c2ccc(Cl)cc2)C1. The minimum absolute atomic E-state index is 0.203. The number of fused-ring (bicyclic) bond motifs is 1. The number of hydrogen-bond donors (Lipinski definition) is 1. The Labute approximate surface area is 117 Å². The molecule has 3 nitrogen and oxygen atoms in total. The van der Waals surface area contributed by atoms with Crippen molar-refractivity contribution in [2.75, 3.05) is 6.54 Å². The Bertz CT molecular complexity index is 571. The largest absolute Gasteiger partial charge is 0.484 e. The molecule has 4 heteroatoms. The van der Waals surface area contributed by atoms with Gasteiger partial charge in [-0.2, -0.15) is 5.06 Å². The standard InChI is InChI=1S/C15H14ClNO2/c16-13-7-5-11(6-8-13)15-10-17(18)9-12-3-1-2-4-14(12)19-15/h1-8,15,18H,9-10H2. The molecule has 2 aromatic carbocycles. The number of halogens is 1. The molecule has 0 bridgehead atoms. The first-order valence-corrected chi connectivity index (χ1v) is 6.54. The van der Waals surface area contributed by atoms with Gasteiger partial charge in [0.05, 0.1) is 13.1 Å². The highest BCUT2D eigenvalue weighted by molar-refractivity contribution is 6.30. The quantitative estimate of drug-likeness (QED) is 0.862. The van der Waals surface area contributed by atoms with E-state index in [0.29, 0.717) is 18.1 Å². The number of hydrogen-bond acceptors (Lipinski definition) is 3. The lowest BCUT2D eigenvalue weighted by Gasteiger charge is -2.19. The lowest BCUT2D eigenvalue weighted by molar-refractivity contribution is -0.112. The highest BCUT2D eigenvalue weighted by atomic mass is 35.5. The smallest absolute Gasteiger partial charge is 0.139 e. The second-order valence-corrected chi connectivity index (χ2v) is 5.05. The summed E-state index contributed by atoms with van der Waals surface area (Å²) in [6, 6.07) is 15.3. The maximum absolute atomic E-state index is 9.95. The summed E-state index contributed by atoms with van der Waals surface area (Å²) in [5, 5.41) is 11.9. The molecule has 0 aromatic heterocycles. The predicted octanol–water partition coefficient (Wildman–Crippen LogP) is 3.66. The predicted molar refractivity (Wildman–Crippen MR) is 73.5 cm³/mol. The summed E-state index contributed by atoms with van der Waals surface area (Å²) in [6.45, 7) is 0.899. The summed E-state index contributed by atoms with van der Waals surface area (Å²) in [5.41, 5.74) is 1.99. The summed E-state index contributed by atoms with van der Waals surface area (Å²) in [7, 11) is 0. The van der Waals surface area contributed by atoms with Gasteiger partial charge in [0, 0.05) is 10.6 Å². The average molecular weight is 276 g/mol. The average Bonchev–Trinajstić information content (AvgIpc) is 2.57. The summed E-state index contributed by atoms with van der Waals surface area (Å²) >= 11 is 5.89. The van der Waals surface area contributed by atoms with Crippen LogP contribution in [0.4, 0.5) is 0 Å². The number of ether oxygens (including phenoxy) is 1. The number of nitrogens with zero attached hydrogens (tertiary/aromatic N) is 1. The lowest BCUT2D eigenvalue weighted by Crippen LogP contribution is -2.24. The van der Waals surface area contributed by atoms with Crippen LogP contribution in [0.25, 0.3) is 0 Å². The third-order valence-corrected chi connectivity index (χ3v) is 3.47. The van der Waals surface area contributed by atoms with Gasteiger partial charge in [0.25, 0.3) is 0 Å². The summed E-state index contributed by atoms with van der Waals surface area (Å²) in [6.07, 6.45) is -0.203. The van der Waals surface area contributed by atoms with Gasteiger partial charge in [-0.15, -0.1) is 0 Å². The van der Waals surface area contributed by atoms with Gasteiger partial charge >= 0.3 is 0 Å². The second-order valence-electron chi connectivity index (χ2n) is 4.61. The Morgan fingerprint density at radius 3 is 2.63 bits per heavy atom. The van der Waals surface area contributed by atoms with Crippen molar-refractivity contribution in [3.05, 3.63) is 64.7 Å². The van der Waals surface area contributed by atoms with Crippen molar-refractivity contribution in [1.29, 1.82) is 0 Å². The van der Waals surface area contributed by atoms with Gasteiger partial charge in [0.2, 0.25) is 0 Å². The van der Waals surface area contributed by atoms with Crippen molar-refractivity contribution in [2.45, 2.75) is 12.6 Å². The zero-order valence-electron chi connectivity index (χ0n) is 10.3. The lowest BCUT2D eigenvalue weighted by atomic mass is 10.1. The van der Waals surface area contributed by atoms with Gasteiger partial charge in [0.1, 0.15) is 11.9 Å². The van der Waals surface area contributed by atoms with Crippen molar-refractivity contribution in [2.24, 2.45) is 0 Å². The van der Waals surface area contributed by atoms with E-state index in [2.05, 4.69) is 0 Å². The van der Waals surface area contributed by atoms with E-state index >= 15 is 0 Å². The van der Waals surface area contributed by atoms with Crippen LogP contribution in [0.15, 0.2) is 48.5 Å². The van der Waals surface area contributed by atoms with Gasteiger partial charge in [-0.3, -0.25) is 0 Å². The van der Waals surface area contributed by atoms with Crippen LogP contribution in [-0.2, 0) is 6.54 Å². The van der Waals surface area contributed by atoms with Crippen molar-refractivity contribution in [1.82, 2.24) is 5.06 Å². The molecular weight excluding hydrogens is 262 g/mol. The second kappa shape index (κ2) is 5.21. The monoisotopic (exact) mass is 275 g/mol. The highest BCUT2D eigenvalue weighted by Crippen LogP contribution is 2.30. The van der Waals surface area contributed by atoms with E-state index in [1.165, 1.54) is 5.06 Å². The Morgan fingerprint density at radius 2 is 1.84 bits per heavy atom. The van der Waals surface area contributed by atoms with Crippen LogP contribution in [-0.4, -0.2) is 16.8 Å². The Hall–Kier alpha value is -1.55. The van der Waals surface area contributed by atoms with E-state index in [1.807, 2.05) is 48.5 Å². The van der Waals surface area contributed by atoms with Crippen LogP contribution in [0.5, 0.6) is 5.75 Å². The summed E-state index contributed by atoms with van der Waals surface area (Å²) in [5.74, 6) is 0.819. The van der Waals surface area contributed by atoms with E-state index in [-0.39, 0.29) is 6.10 Å². The van der Waals surface area contributed by atoms with E-state index in [1.54, 1.807) is 0 Å². The summed E-state index contributed by atoms with van der Waals surface area (Å²) in [4.78, 5) is 0. The van der Waals surface area contributed by atoms with Crippen LogP contribution in [0, 0.1) is 0 Å². The number of hydroxylamine groups is 2. The van der Waals surface area contributed by atoms with Crippen molar-refractivity contribution < 1.29 is 9.94 Å². The highest BCUT2D eigenvalue weighted by Gasteiger charge is 2.23. The first-order chi connectivity index (χ1) is 9.22. The van der Waals surface area contributed by atoms with Crippen LogP contribution < -0.4 is 4.74 Å². The third kappa shape index (κ3) is 2.73. The molecule has 19 heavy (non-hydrogen) atoms. The molecule has 98 valence electrons. The molecule has 0 saturated carbocycles. The van der Waals surface area contributed by atoms with Crippen molar-refractivity contribution in [3.8, 4) is 5.75 Å². The first-order valence-electron chi connectivity index (χ1n) is 6.16. The van der Waals surface area contributed by atoms with E-state index < -0.39 is 0 Å². The molecule has 0 aliphatic carbocycles. The molecule has 3 rings (SSSR count). The molecule has 0 spiro atoms. The molecule has 1 atom stereocenters. The van der Waals surface area contributed by atoms with Crippen molar-refractivity contribution in [3.63, 3.8) is 0 Å². The Morgan fingerprint density at radius 1 is 1.11 bits per heavy atom. The molecule has 1 unspecified atom stereocenters. The molecular formula is C15H14ClNO2. The maximum Gasteiger partial charge on any atom is 0.139 e. The molecule has 1 aliphatic heterocycles.